The van der Waals surface area contributed by atoms with Crippen molar-refractivity contribution in [3.8, 4) is 0 Å². The molecule has 0 amide bonds. The Kier molecular flexibility index (Phi) is 3.77. The zero-order chi connectivity index (χ0) is 15.6. The molecule has 1 saturated carbocycles. The van der Waals surface area contributed by atoms with Gasteiger partial charge in [-0.2, -0.15) is 0 Å². The van der Waals surface area contributed by atoms with Gasteiger partial charge in [-0.25, -0.2) is 4.98 Å². The van der Waals surface area contributed by atoms with E-state index >= 15 is 0 Å². The van der Waals surface area contributed by atoms with Gasteiger partial charge in [0, 0.05) is 25.0 Å². The first-order valence-electron chi connectivity index (χ1n) is 8.51. The monoisotopic (exact) mass is 309 g/mol. The summed E-state index contributed by atoms with van der Waals surface area (Å²) in [5, 5.41) is 0. The number of hydrogen-bond acceptors (Lipinski definition) is 4. The number of nitrogens with one attached hydrogen (secondary N) is 1. The largest absolute Gasteiger partial charge is 0.358 e. The zero-order valence-electron chi connectivity index (χ0n) is 13.6. The molecule has 1 aromatic carbocycles. The molecule has 2 aromatic rings. The SMILES string of the molecule is CCCN(CC1CC1)C1=CC=NCN1c1ccc2nc[nH]c2c1. The van der Waals surface area contributed by atoms with Crippen LogP contribution in [-0.4, -0.2) is 40.8 Å². The molecule has 0 atom stereocenters. The average molecular weight is 309 g/mol. The molecule has 5 nitrogen and oxygen atoms in total. The Morgan fingerprint density at radius 1 is 1.35 bits per heavy atom. The number of hydrogen-bond donors (Lipinski definition) is 1. The first kappa shape index (κ1) is 14.3. The van der Waals surface area contributed by atoms with Gasteiger partial charge in [-0.1, -0.05) is 6.92 Å². The number of aromatic nitrogens is 2. The van der Waals surface area contributed by atoms with Gasteiger partial charge in [0.1, 0.15) is 12.5 Å². The van der Waals surface area contributed by atoms with Crippen molar-refractivity contribution < 1.29 is 0 Å². The van der Waals surface area contributed by atoms with Crippen molar-refractivity contribution in [2.75, 3.05) is 24.7 Å². The Labute approximate surface area is 136 Å². The zero-order valence-corrected chi connectivity index (χ0v) is 13.6. The summed E-state index contributed by atoms with van der Waals surface area (Å²) in [6.07, 6.45) is 9.75. The number of allylic oxidation sites excluding steroid dienone is 1. The van der Waals surface area contributed by atoms with E-state index in [4.69, 9.17) is 0 Å². The van der Waals surface area contributed by atoms with Crippen LogP contribution in [0.1, 0.15) is 26.2 Å². The molecule has 0 radical (unpaired) electrons. The van der Waals surface area contributed by atoms with E-state index in [2.05, 4.69) is 56.0 Å². The first-order valence-corrected chi connectivity index (χ1v) is 8.51. The quantitative estimate of drug-likeness (QED) is 0.890. The minimum Gasteiger partial charge on any atom is -0.358 e. The van der Waals surface area contributed by atoms with Crippen molar-refractivity contribution in [1.29, 1.82) is 0 Å². The lowest BCUT2D eigenvalue weighted by molar-refractivity contribution is 0.320. The molecule has 1 aliphatic heterocycles. The van der Waals surface area contributed by atoms with Crippen molar-refractivity contribution in [1.82, 2.24) is 14.9 Å². The number of anilines is 1. The smallest absolute Gasteiger partial charge is 0.116 e. The highest BCUT2D eigenvalue weighted by molar-refractivity contribution is 5.81. The lowest BCUT2D eigenvalue weighted by Crippen LogP contribution is -2.39. The predicted molar refractivity (Wildman–Crippen MR) is 94.6 cm³/mol. The number of imidazole rings is 1. The van der Waals surface area contributed by atoms with Crippen LogP contribution in [0, 0.1) is 5.92 Å². The minimum atomic E-state index is 0.677. The summed E-state index contributed by atoms with van der Waals surface area (Å²) in [5.41, 5.74) is 3.24. The maximum Gasteiger partial charge on any atom is 0.116 e. The third-order valence-electron chi connectivity index (χ3n) is 4.54. The van der Waals surface area contributed by atoms with E-state index < -0.39 is 0 Å². The van der Waals surface area contributed by atoms with Crippen molar-refractivity contribution >= 4 is 22.9 Å². The molecular weight excluding hydrogens is 286 g/mol. The maximum absolute atomic E-state index is 4.46. The molecule has 4 rings (SSSR count). The van der Waals surface area contributed by atoms with Crippen molar-refractivity contribution in [3.63, 3.8) is 0 Å². The summed E-state index contributed by atoms with van der Waals surface area (Å²) in [7, 11) is 0. The second-order valence-corrected chi connectivity index (χ2v) is 6.42. The molecule has 23 heavy (non-hydrogen) atoms. The van der Waals surface area contributed by atoms with Gasteiger partial charge in [0.2, 0.25) is 0 Å². The highest BCUT2D eigenvalue weighted by Crippen LogP contribution is 2.33. The average Bonchev–Trinajstić information content (AvgIpc) is 3.28. The molecule has 0 unspecified atom stereocenters. The minimum absolute atomic E-state index is 0.677. The van der Waals surface area contributed by atoms with E-state index in [0.29, 0.717) is 6.67 Å². The van der Waals surface area contributed by atoms with Crippen molar-refractivity contribution in [2.45, 2.75) is 26.2 Å². The van der Waals surface area contributed by atoms with Crippen LogP contribution in [0.3, 0.4) is 0 Å². The first-order chi connectivity index (χ1) is 11.3. The van der Waals surface area contributed by atoms with Crippen LogP contribution in [0.5, 0.6) is 0 Å². The van der Waals surface area contributed by atoms with Crippen LogP contribution >= 0.6 is 0 Å². The number of rotatable bonds is 6. The number of fused-ring (bicyclic) bond motifs is 1. The normalized spacial score (nSPS) is 17.6. The Morgan fingerprint density at radius 2 is 2.26 bits per heavy atom. The fourth-order valence-electron chi connectivity index (χ4n) is 3.17. The van der Waals surface area contributed by atoms with Gasteiger partial charge in [0.25, 0.3) is 0 Å². The summed E-state index contributed by atoms with van der Waals surface area (Å²) in [6.45, 7) is 5.18. The topological polar surface area (TPSA) is 47.5 Å². The fraction of sp³-hybridized carbons (Fsp3) is 0.444. The summed E-state index contributed by atoms with van der Waals surface area (Å²) < 4.78 is 0. The Balaban J connectivity index is 1.64. The molecule has 5 heteroatoms. The van der Waals surface area contributed by atoms with Gasteiger partial charge in [-0.05, 0) is 49.5 Å². The molecule has 0 spiro atoms. The predicted octanol–water partition coefficient (Wildman–Crippen LogP) is 3.37. The second kappa shape index (κ2) is 6.07. The van der Waals surface area contributed by atoms with Gasteiger partial charge < -0.3 is 14.8 Å². The van der Waals surface area contributed by atoms with E-state index in [0.717, 1.165) is 36.5 Å². The highest BCUT2D eigenvalue weighted by Gasteiger charge is 2.27. The number of aromatic amines is 1. The lowest BCUT2D eigenvalue weighted by Gasteiger charge is -2.36. The van der Waals surface area contributed by atoms with Crippen LogP contribution in [0.4, 0.5) is 5.69 Å². The van der Waals surface area contributed by atoms with Gasteiger partial charge in [0.15, 0.2) is 0 Å². The van der Waals surface area contributed by atoms with E-state index in [1.54, 1.807) is 6.33 Å². The lowest BCUT2D eigenvalue weighted by atomic mass is 10.2. The van der Waals surface area contributed by atoms with Crippen LogP contribution < -0.4 is 4.90 Å². The molecule has 2 aliphatic rings. The Morgan fingerprint density at radius 3 is 3.09 bits per heavy atom. The Hall–Kier alpha value is -2.30. The second-order valence-electron chi connectivity index (χ2n) is 6.42. The molecule has 120 valence electrons. The standard InChI is InChI=1S/C18H23N5/c1-2-9-22(11-14-3-4-14)18-7-8-19-13-23(18)15-5-6-16-17(10-15)21-12-20-16/h5-8,10,12,14H,2-4,9,11,13H2,1H3,(H,20,21). The fourth-order valence-corrected chi connectivity index (χ4v) is 3.17. The summed E-state index contributed by atoms with van der Waals surface area (Å²) in [5.74, 6) is 2.14. The van der Waals surface area contributed by atoms with Gasteiger partial charge >= 0.3 is 0 Å². The van der Waals surface area contributed by atoms with Gasteiger partial charge in [-0.3, -0.25) is 4.99 Å². The molecule has 0 saturated heterocycles. The van der Waals surface area contributed by atoms with Crippen molar-refractivity contribution in [3.05, 3.63) is 36.4 Å². The molecule has 1 fully saturated rings. The van der Waals surface area contributed by atoms with Crippen LogP contribution in [0.25, 0.3) is 11.0 Å². The van der Waals surface area contributed by atoms with E-state index in [9.17, 15) is 0 Å². The van der Waals surface area contributed by atoms with E-state index in [-0.39, 0.29) is 0 Å². The number of benzene rings is 1. The number of nitrogens with zero attached hydrogens (tertiary/aromatic N) is 4. The highest BCUT2D eigenvalue weighted by atomic mass is 15.4. The van der Waals surface area contributed by atoms with Crippen molar-refractivity contribution in [2.24, 2.45) is 10.9 Å². The molecular formula is C18H23N5. The molecule has 0 bridgehead atoms. The van der Waals surface area contributed by atoms with Crippen LogP contribution in [0.2, 0.25) is 0 Å². The third kappa shape index (κ3) is 2.96. The molecule has 2 heterocycles. The van der Waals surface area contributed by atoms with E-state index in [1.165, 1.54) is 24.4 Å². The van der Waals surface area contributed by atoms with E-state index in [1.807, 2.05) is 6.21 Å². The molecule has 1 N–H and O–H groups in total. The van der Waals surface area contributed by atoms with Gasteiger partial charge in [0.05, 0.1) is 17.4 Å². The Bertz CT molecular complexity index is 741. The maximum atomic E-state index is 4.46. The molecule has 1 aliphatic carbocycles. The van der Waals surface area contributed by atoms with Gasteiger partial charge in [-0.15, -0.1) is 0 Å². The molecule has 1 aromatic heterocycles. The summed E-state index contributed by atoms with van der Waals surface area (Å²) in [4.78, 5) is 16.8. The summed E-state index contributed by atoms with van der Waals surface area (Å²) >= 11 is 0. The summed E-state index contributed by atoms with van der Waals surface area (Å²) in [6, 6.07) is 6.37. The third-order valence-corrected chi connectivity index (χ3v) is 4.54. The van der Waals surface area contributed by atoms with Crippen LogP contribution in [0.15, 0.2) is 41.4 Å². The number of aliphatic imine (C=N–C) groups is 1. The van der Waals surface area contributed by atoms with Crippen LogP contribution in [-0.2, 0) is 0 Å². The number of H-pyrrole nitrogens is 1.